The number of benzene rings is 1. The fraction of sp³-hybridized carbons (Fsp3) is 0.647. The molecule has 0 aliphatic carbocycles. The van der Waals surface area contributed by atoms with E-state index in [-0.39, 0.29) is 6.10 Å². The molecule has 0 spiro atoms. The van der Waals surface area contributed by atoms with Crippen molar-refractivity contribution in [1.29, 1.82) is 0 Å². The predicted octanol–water partition coefficient (Wildman–Crippen LogP) is 3.40. The van der Waals surface area contributed by atoms with Gasteiger partial charge in [0.1, 0.15) is 0 Å². The molecule has 20 heavy (non-hydrogen) atoms. The number of aliphatic hydroxyl groups excluding tert-OH is 1. The summed E-state index contributed by atoms with van der Waals surface area (Å²) in [5.41, 5.74) is 1.43. The molecule has 1 atom stereocenters. The summed E-state index contributed by atoms with van der Waals surface area (Å²) in [6.45, 7) is 5.48. The highest BCUT2D eigenvalue weighted by Crippen LogP contribution is 2.21. The molecule has 2 nitrogen and oxygen atoms in total. The minimum Gasteiger partial charge on any atom is -0.393 e. The first kappa shape index (κ1) is 15.9. The zero-order chi connectivity index (χ0) is 14.2. The Balaban J connectivity index is 1.52. The SMILES string of the molecule is CC(O)C1CCN(CCCSCc2ccccc2)CC1. The van der Waals surface area contributed by atoms with Gasteiger partial charge >= 0.3 is 0 Å². The number of thioether (sulfide) groups is 1. The van der Waals surface area contributed by atoms with Crippen LogP contribution in [0.4, 0.5) is 0 Å². The van der Waals surface area contributed by atoms with Crippen molar-refractivity contribution in [3.63, 3.8) is 0 Å². The average molecular weight is 293 g/mol. The van der Waals surface area contributed by atoms with Crippen LogP contribution in [-0.4, -0.2) is 41.5 Å². The molecular weight excluding hydrogens is 266 g/mol. The molecule has 0 amide bonds. The standard InChI is InChI=1S/C17H27NOS/c1-15(19)17-8-11-18(12-9-17)10-5-13-20-14-16-6-3-2-4-7-16/h2-4,6-7,15,17,19H,5,8-14H2,1H3. The van der Waals surface area contributed by atoms with Crippen molar-refractivity contribution in [2.45, 2.75) is 38.0 Å². The first-order chi connectivity index (χ1) is 9.75. The molecule has 1 heterocycles. The Bertz CT molecular complexity index is 361. The number of likely N-dealkylation sites (tertiary alicyclic amines) is 1. The van der Waals surface area contributed by atoms with Gasteiger partial charge in [-0.2, -0.15) is 11.8 Å². The van der Waals surface area contributed by atoms with Crippen LogP contribution in [0.25, 0.3) is 0 Å². The van der Waals surface area contributed by atoms with Gasteiger partial charge in [0.15, 0.2) is 0 Å². The van der Waals surface area contributed by atoms with Crippen LogP contribution in [0, 0.1) is 5.92 Å². The number of hydrogen-bond donors (Lipinski definition) is 1. The maximum absolute atomic E-state index is 9.60. The van der Waals surface area contributed by atoms with E-state index in [2.05, 4.69) is 35.2 Å². The quantitative estimate of drug-likeness (QED) is 0.779. The monoisotopic (exact) mass is 293 g/mol. The lowest BCUT2D eigenvalue weighted by atomic mass is 9.92. The Kier molecular flexibility index (Phi) is 6.91. The molecular formula is C17H27NOS. The summed E-state index contributed by atoms with van der Waals surface area (Å²) >= 11 is 2.03. The molecule has 2 rings (SSSR count). The zero-order valence-corrected chi connectivity index (χ0v) is 13.3. The molecule has 1 aliphatic heterocycles. The first-order valence-electron chi connectivity index (χ1n) is 7.78. The van der Waals surface area contributed by atoms with Gasteiger partial charge in [-0.3, -0.25) is 0 Å². The second-order valence-corrected chi connectivity index (χ2v) is 6.92. The van der Waals surface area contributed by atoms with Crippen molar-refractivity contribution in [3.8, 4) is 0 Å². The normalized spacial score (nSPS) is 19.1. The van der Waals surface area contributed by atoms with Crippen molar-refractivity contribution in [2.75, 3.05) is 25.4 Å². The van der Waals surface area contributed by atoms with Crippen LogP contribution in [0.5, 0.6) is 0 Å². The van der Waals surface area contributed by atoms with Gasteiger partial charge < -0.3 is 10.0 Å². The molecule has 1 unspecified atom stereocenters. The summed E-state index contributed by atoms with van der Waals surface area (Å²) in [4.78, 5) is 2.56. The fourth-order valence-corrected chi connectivity index (χ4v) is 3.72. The van der Waals surface area contributed by atoms with Gasteiger partial charge in [0.05, 0.1) is 6.10 Å². The van der Waals surface area contributed by atoms with E-state index in [1.165, 1.54) is 37.4 Å². The van der Waals surface area contributed by atoms with E-state index >= 15 is 0 Å². The molecule has 0 aromatic heterocycles. The van der Waals surface area contributed by atoms with Gasteiger partial charge in [-0.25, -0.2) is 0 Å². The van der Waals surface area contributed by atoms with Gasteiger partial charge in [0.2, 0.25) is 0 Å². The lowest BCUT2D eigenvalue weighted by molar-refractivity contribution is 0.0721. The molecule has 1 saturated heterocycles. The van der Waals surface area contributed by atoms with Crippen LogP contribution >= 0.6 is 11.8 Å². The summed E-state index contributed by atoms with van der Waals surface area (Å²) in [6.07, 6.45) is 3.47. The van der Waals surface area contributed by atoms with Gasteiger partial charge in [-0.15, -0.1) is 0 Å². The maximum atomic E-state index is 9.60. The van der Waals surface area contributed by atoms with Crippen LogP contribution in [0.15, 0.2) is 30.3 Å². The number of aliphatic hydroxyl groups is 1. The fourth-order valence-electron chi connectivity index (χ4n) is 2.81. The molecule has 1 N–H and O–H groups in total. The van der Waals surface area contributed by atoms with E-state index in [4.69, 9.17) is 0 Å². The number of piperidine rings is 1. The summed E-state index contributed by atoms with van der Waals surface area (Å²) in [6, 6.07) is 10.7. The minimum atomic E-state index is -0.126. The lowest BCUT2D eigenvalue weighted by Gasteiger charge is -2.33. The van der Waals surface area contributed by atoms with Crippen LogP contribution < -0.4 is 0 Å². The number of nitrogens with zero attached hydrogens (tertiary/aromatic N) is 1. The smallest absolute Gasteiger partial charge is 0.0541 e. The third-order valence-electron chi connectivity index (χ3n) is 4.19. The Morgan fingerprint density at radius 2 is 1.95 bits per heavy atom. The molecule has 112 valence electrons. The second kappa shape index (κ2) is 8.71. The van der Waals surface area contributed by atoms with Crippen LogP contribution in [0.1, 0.15) is 31.7 Å². The highest BCUT2D eigenvalue weighted by atomic mass is 32.2. The summed E-state index contributed by atoms with van der Waals surface area (Å²) in [5.74, 6) is 2.90. The van der Waals surface area contributed by atoms with E-state index in [1.54, 1.807) is 0 Å². The van der Waals surface area contributed by atoms with Crippen molar-refractivity contribution < 1.29 is 5.11 Å². The second-order valence-electron chi connectivity index (χ2n) is 5.81. The van der Waals surface area contributed by atoms with Gasteiger partial charge in [-0.1, -0.05) is 30.3 Å². The molecule has 1 aromatic carbocycles. The van der Waals surface area contributed by atoms with Crippen molar-refractivity contribution in [1.82, 2.24) is 4.90 Å². The van der Waals surface area contributed by atoms with E-state index < -0.39 is 0 Å². The first-order valence-corrected chi connectivity index (χ1v) is 8.93. The minimum absolute atomic E-state index is 0.126. The number of rotatable bonds is 7. The average Bonchev–Trinajstić information content (AvgIpc) is 2.48. The molecule has 0 bridgehead atoms. The van der Waals surface area contributed by atoms with Crippen LogP contribution in [-0.2, 0) is 5.75 Å². The summed E-state index contributed by atoms with van der Waals surface area (Å²) in [7, 11) is 0. The molecule has 3 heteroatoms. The Labute approximate surface area is 127 Å². The van der Waals surface area contributed by atoms with E-state index in [0.29, 0.717) is 5.92 Å². The summed E-state index contributed by atoms with van der Waals surface area (Å²) < 4.78 is 0. The van der Waals surface area contributed by atoms with Crippen molar-refractivity contribution in [3.05, 3.63) is 35.9 Å². The molecule has 1 aromatic rings. The largest absolute Gasteiger partial charge is 0.393 e. The Morgan fingerprint density at radius 1 is 1.25 bits per heavy atom. The maximum Gasteiger partial charge on any atom is 0.0541 e. The molecule has 0 saturated carbocycles. The molecule has 1 fully saturated rings. The third-order valence-corrected chi connectivity index (χ3v) is 5.30. The summed E-state index contributed by atoms with van der Waals surface area (Å²) in [5, 5.41) is 9.60. The Hall–Kier alpha value is -0.510. The highest BCUT2D eigenvalue weighted by molar-refractivity contribution is 7.98. The van der Waals surface area contributed by atoms with Gasteiger partial charge in [-0.05, 0) is 63.1 Å². The van der Waals surface area contributed by atoms with E-state index in [1.807, 2.05) is 18.7 Å². The van der Waals surface area contributed by atoms with E-state index in [9.17, 15) is 5.11 Å². The van der Waals surface area contributed by atoms with Crippen molar-refractivity contribution in [2.24, 2.45) is 5.92 Å². The topological polar surface area (TPSA) is 23.5 Å². The Morgan fingerprint density at radius 3 is 2.60 bits per heavy atom. The highest BCUT2D eigenvalue weighted by Gasteiger charge is 2.21. The third kappa shape index (κ3) is 5.47. The lowest BCUT2D eigenvalue weighted by Crippen LogP contribution is -2.37. The molecule has 0 radical (unpaired) electrons. The van der Waals surface area contributed by atoms with Gasteiger partial charge in [0, 0.05) is 5.75 Å². The zero-order valence-electron chi connectivity index (χ0n) is 12.5. The predicted molar refractivity (Wildman–Crippen MR) is 88.1 cm³/mol. The number of hydrogen-bond acceptors (Lipinski definition) is 3. The van der Waals surface area contributed by atoms with E-state index in [0.717, 1.165) is 18.6 Å². The van der Waals surface area contributed by atoms with Crippen molar-refractivity contribution >= 4 is 11.8 Å². The van der Waals surface area contributed by atoms with Gasteiger partial charge in [0.25, 0.3) is 0 Å². The molecule has 1 aliphatic rings. The van der Waals surface area contributed by atoms with Crippen LogP contribution in [0.2, 0.25) is 0 Å². The van der Waals surface area contributed by atoms with Crippen LogP contribution in [0.3, 0.4) is 0 Å².